The van der Waals surface area contributed by atoms with E-state index < -0.39 is 0 Å². The number of hydrogen-bond acceptors (Lipinski definition) is 3. The second kappa shape index (κ2) is 4.76. The number of aromatic nitrogens is 1. The molecular weight excluding hydrogens is 238 g/mol. The number of nitrogens with zero attached hydrogens (tertiary/aromatic N) is 1. The highest BCUT2D eigenvalue weighted by atomic mass is 32.1. The Hall–Kier alpha value is -1.20. The minimum Gasteiger partial charge on any atom is -0.360 e. The Kier molecular flexibility index (Phi) is 3.36. The summed E-state index contributed by atoms with van der Waals surface area (Å²) in [5.74, 6) is 0. The van der Waals surface area contributed by atoms with Crippen LogP contribution in [0.5, 0.6) is 0 Å². The summed E-state index contributed by atoms with van der Waals surface area (Å²) in [4.78, 5) is 0. The van der Waals surface area contributed by atoms with Gasteiger partial charge in [-0.05, 0) is 55.8 Å². The van der Waals surface area contributed by atoms with Crippen molar-refractivity contribution in [2.75, 3.05) is 5.32 Å². The third-order valence-electron chi connectivity index (χ3n) is 2.03. The number of hydrogen-bond donors (Lipinski definition) is 2. The van der Waals surface area contributed by atoms with Crippen molar-refractivity contribution in [1.82, 2.24) is 9.69 Å². The van der Waals surface area contributed by atoms with E-state index in [9.17, 15) is 0 Å². The zero-order valence-corrected chi connectivity index (χ0v) is 10.8. The third-order valence-corrected chi connectivity index (χ3v) is 3.03. The molecule has 0 bridgehead atoms. The van der Waals surface area contributed by atoms with E-state index in [1.54, 1.807) is 0 Å². The Balaban J connectivity index is 2.11. The predicted octanol–water partition coefficient (Wildman–Crippen LogP) is 2.99. The summed E-state index contributed by atoms with van der Waals surface area (Å²) in [6, 6.07) is 6.45. The first kappa shape index (κ1) is 11.3. The predicted molar refractivity (Wildman–Crippen MR) is 74.1 cm³/mol. The van der Waals surface area contributed by atoms with Crippen LogP contribution in [0.1, 0.15) is 13.8 Å². The van der Waals surface area contributed by atoms with Crippen molar-refractivity contribution < 1.29 is 0 Å². The standard InChI is InChI=1S/C11H13N3S2/c1-7(2)13-11(15)14-9-3-4-10-8(5-9)6-12-16-10/h3-7H,1-2H3,(H2,13,14,15). The maximum Gasteiger partial charge on any atom is 0.170 e. The molecule has 84 valence electrons. The summed E-state index contributed by atoms with van der Waals surface area (Å²) < 4.78 is 5.32. The van der Waals surface area contributed by atoms with Gasteiger partial charge in [-0.3, -0.25) is 0 Å². The smallest absolute Gasteiger partial charge is 0.170 e. The lowest BCUT2D eigenvalue weighted by molar-refractivity contribution is 0.739. The highest BCUT2D eigenvalue weighted by molar-refractivity contribution is 7.80. The molecule has 16 heavy (non-hydrogen) atoms. The van der Waals surface area contributed by atoms with Gasteiger partial charge in [-0.25, -0.2) is 0 Å². The van der Waals surface area contributed by atoms with Gasteiger partial charge >= 0.3 is 0 Å². The molecule has 1 heterocycles. The van der Waals surface area contributed by atoms with Crippen molar-refractivity contribution in [2.24, 2.45) is 0 Å². The molecule has 0 saturated carbocycles. The summed E-state index contributed by atoms with van der Waals surface area (Å²) in [5, 5.41) is 8.08. The molecule has 1 aromatic heterocycles. The van der Waals surface area contributed by atoms with Crippen molar-refractivity contribution >= 4 is 44.6 Å². The quantitative estimate of drug-likeness (QED) is 0.805. The molecule has 0 saturated heterocycles. The van der Waals surface area contributed by atoms with Crippen LogP contribution in [0.2, 0.25) is 0 Å². The van der Waals surface area contributed by atoms with Gasteiger partial charge in [0.25, 0.3) is 0 Å². The maximum absolute atomic E-state index is 5.18. The van der Waals surface area contributed by atoms with E-state index in [1.807, 2.05) is 24.4 Å². The van der Waals surface area contributed by atoms with Crippen LogP contribution in [-0.4, -0.2) is 15.5 Å². The molecule has 3 nitrogen and oxygen atoms in total. The van der Waals surface area contributed by atoms with Gasteiger partial charge in [0.15, 0.2) is 5.11 Å². The molecule has 5 heteroatoms. The molecule has 0 unspecified atom stereocenters. The molecule has 0 aliphatic heterocycles. The van der Waals surface area contributed by atoms with Gasteiger partial charge < -0.3 is 10.6 Å². The first-order valence-electron chi connectivity index (χ1n) is 5.07. The Morgan fingerprint density at radius 2 is 2.25 bits per heavy atom. The molecule has 0 aliphatic rings. The number of benzene rings is 1. The largest absolute Gasteiger partial charge is 0.360 e. The summed E-state index contributed by atoms with van der Waals surface area (Å²) >= 11 is 6.68. The van der Waals surface area contributed by atoms with Crippen molar-refractivity contribution in [2.45, 2.75) is 19.9 Å². The van der Waals surface area contributed by atoms with Crippen LogP contribution in [0.3, 0.4) is 0 Å². The number of rotatable bonds is 2. The molecule has 1 aromatic carbocycles. The molecule has 0 fully saturated rings. The lowest BCUT2D eigenvalue weighted by Crippen LogP contribution is -2.33. The van der Waals surface area contributed by atoms with E-state index in [2.05, 4.69) is 28.9 Å². The van der Waals surface area contributed by atoms with Gasteiger partial charge in [0.05, 0.1) is 4.70 Å². The van der Waals surface area contributed by atoms with Crippen LogP contribution in [-0.2, 0) is 0 Å². The average Bonchev–Trinajstić information content (AvgIpc) is 2.63. The molecule has 0 radical (unpaired) electrons. The Morgan fingerprint density at radius 3 is 3.00 bits per heavy atom. The molecule has 0 amide bonds. The molecule has 2 aromatic rings. The SMILES string of the molecule is CC(C)NC(=S)Nc1ccc2sncc2c1. The summed E-state index contributed by atoms with van der Waals surface area (Å²) in [7, 11) is 0. The molecular formula is C11H13N3S2. The molecule has 2 rings (SSSR count). The second-order valence-electron chi connectivity index (χ2n) is 3.83. The van der Waals surface area contributed by atoms with Gasteiger partial charge in [-0.2, -0.15) is 4.37 Å². The zero-order valence-electron chi connectivity index (χ0n) is 9.15. The highest BCUT2D eigenvalue weighted by Gasteiger charge is 2.01. The highest BCUT2D eigenvalue weighted by Crippen LogP contribution is 2.21. The fourth-order valence-corrected chi connectivity index (χ4v) is 2.36. The maximum atomic E-state index is 5.18. The Morgan fingerprint density at radius 1 is 1.44 bits per heavy atom. The minimum absolute atomic E-state index is 0.339. The van der Waals surface area contributed by atoms with Gasteiger partial charge in [0, 0.05) is 23.3 Å². The van der Waals surface area contributed by atoms with Gasteiger partial charge in [0.2, 0.25) is 0 Å². The van der Waals surface area contributed by atoms with E-state index in [4.69, 9.17) is 12.2 Å². The van der Waals surface area contributed by atoms with Crippen LogP contribution in [0.25, 0.3) is 10.1 Å². The molecule has 0 aliphatic carbocycles. The summed E-state index contributed by atoms with van der Waals surface area (Å²) in [5.41, 5.74) is 0.992. The van der Waals surface area contributed by atoms with Crippen LogP contribution in [0.15, 0.2) is 24.4 Å². The van der Waals surface area contributed by atoms with Gasteiger partial charge in [-0.15, -0.1) is 0 Å². The van der Waals surface area contributed by atoms with E-state index in [0.717, 1.165) is 11.1 Å². The monoisotopic (exact) mass is 251 g/mol. The van der Waals surface area contributed by atoms with E-state index in [1.165, 1.54) is 16.2 Å². The molecule has 0 atom stereocenters. The van der Waals surface area contributed by atoms with E-state index in [0.29, 0.717) is 11.2 Å². The fourth-order valence-electron chi connectivity index (χ4n) is 1.38. The van der Waals surface area contributed by atoms with E-state index >= 15 is 0 Å². The van der Waals surface area contributed by atoms with Crippen molar-refractivity contribution in [3.05, 3.63) is 24.4 Å². The average molecular weight is 251 g/mol. The van der Waals surface area contributed by atoms with Crippen LogP contribution < -0.4 is 10.6 Å². The number of anilines is 1. The molecule has 2 N–H and O–H groups in total. The number of thiocarbonyl (C=S) groups is 1. The van der Waals surface area contributed by atoms with Crippen molar-refractivity contribution in [1.29, 1.82) is 0 Å². The Labute approximate surface area is 104 Å². The summed E-state index contributed by atoms with van der Waals surface area (Å²) in [6.45, 7) is 4.11. The third kappa shape index (κ3) is 2.68. The first-order valence-corrected chi connectivity index (χ1v) is 6.25. The second-order valence-corrected chi connectivity index (χ2v) is 5.07. The topological polar surface area (TPSA) is 37.0 Å². The van der Waals surface area contributed by atoms with Crippen molar-refractivity contribution in [3.8, 4) is 0 Å². The van der Waals surface area contributed by atoms with Crippen LogP contribution in [0.4, 0.5) is 5.69 Å². The minimum atomic E-state index is 0.339. The lowest BCUT2D eigenvalue weighted by atomic mass is 10.2. The normalized spacial score (nSPS) is 10.7. The zero-order chi connectivity index (χ0) is 11.5. The summed E-state index contributed by atoms with van der Waals surface area (Å²) in [6.07, 6.45) is 1.87. The lowest BCUT2D eigenvalue weighted by Gasteiger charge is -2.12. The molecule has 0 spiro atoms. The first-order chi connectivity index (χ1) is 7.65. The number of nitrogens with one attached hydrogen (secondary N) is 2. The van der Waals surface area contributed by atoms with Gasteiger partial charge in [-0.1, -0.05) is 0 Å². The van der Waals surface area contributed by atoms with E-state index in [-0.39, 0.29) is 0 Å². The van der Waals surface area contributed by atoms with Crippen molar-refractivity contribution in [3.63, 3.8) is 0 Å². The van der Waals surface area contributed by atoms with Gasteiger partial charge in [0.1, 0.15) is 0 Å². The number of fused-ring (bicyclic) bond motifs is 1. The van der Waals surface area contributed by atoms with Crippen LogP contribution in [0, 0.1) is 0 Å². The Bertz CT molecular complexity index is 505. The fraction of sp³-hybridized carbons (Fsp3) is 0.273. The van der Waals surface area contributed by atoms with Crippen LogP contribution >= 0.6 is 23.8 Å².